The van der Waals surface area contributed by atoms with E-state index in [0.717, 1.165) is 62.7 Å². The highest BCUT2D eigenvalue weighted by atomic mass is 16.3. The van der Waals surface area contributed by atoms with Gasteiger partial charge in [0.15, 0.2) is 5.58 Å². The van der Waals surface area contributed by atoms with Crippen molar-refractivity contribution in [1.29, 1.82) is 0 Å². The Labute approximate surface area is 171 Å². The van der Waals surface area contributed by atoms with Gasteiger partial charge in [-0.1, -0.05) is 48.5 Å². The van der Waals surface area contributed by atoms with Crippen LogP contribution in [0.3, 0.4) is 0 Å². The molecule has 4 heteroatoms. The number of oxazole rings is 1. The maximum Gasteiger partial charge on any atom is 0.209 e. The summed E-state index contributed by atoms with van der Waals surface area (Å²) in [6, 6.07) is 21.5. The number of rotatable bonds is 5. The van der Waals surface area contributed by atoms with Crippen molar-refractivity contribution in [2.75, 3.05) is 32.7 Å². The first-order valence-electron chi connectivity index (χ1n) is 10.5. The fourth-order valence-electron chi connectivity index (χ4n) is 4.30. The largest absolute Gasteiger partial charge is 0.439 e. The van der Waals surface area contributed by atoms with Crippen LogP contribution in [0.2, 0.25) is 0 Å². The number of hydrogen-bond donors (Lipinski definition) is 0. The van der Waals surface area contributed by atoms with Crippen LogP contribution in [0.5, 0.6) is 0 Å². The molecule has 0 saturated carbocycles. The van der Waals surface area contributed by atoms with Gasteiger partial charge in [-0.3, -0.25) is 4.90 Å². The molecule has 4 nitrogen and oxygen atoms in total. The molecule has 1 fully saturated rings. The van der Waals surface area contributed by atoms with Crippen molar-refractivity contribution in [3.63, 3.8) is 0 Å². The van der Waals surface area contributed by atoms with E-state index in [1.807, 2.05) is 6.07 Å². The summed E-state index contributed by atoms with van der Waals surface area (Å²) in [5.41, 5.74) is 4.53. The molecular weight excluding hydrogens is 358 g/mol. The molecule has 1 aliphatic heterocycles. The van der Waals surface area contributed by atoms with Gasteiger partial charge >= 0.3 is 0 Å². The van der Waals surface area contributed by atoms with Crippen molar-refractivity contribution in [2.45, 2.75) is 19.9 Å². The van der Waals surface area contributed by atoms with Gasteiger partial charge in [0, 0.05) is 32.7 Å². The van der Waals surface area contributed by atoms with Crippen LogP contribution >= 0.6 is 0 Å². The first kappa shape index (κ1) is 18.3. The smallest absolute Gasteiger partial charge is 0.209 e. The monoisotopic (exact) mass is 385 g/mol. The standard InChI is InChI=1S/C25H27N3O/c1-19-9-10-24-23(17-19)26-25(29-24)18-28-15-13-27(14-16-28)12-11-21-7-4-6-20-5-2-3-8-22(20)21/h2-10,17H,11-16,18H2,1H3. The number of piperazine rings is 1. The van der Waals surface area contributed by atoms with Crippen molar-refractivity contribution in [1.82, 2.24) is 14.8 Å². The van der Waals surface area contributed by atoms with Gasteiger partial charge in [-0.05, 0) is 47.4 Å². The molecule has 0 N–H and O–H groups in total. The van der Waals surface area contributed by atoms with E-state index in [9.17, 15) is 0 Å². The van der Waals surface area contributed by atoms with Crippen molar-refractivity contribution >= 4 is 21.9 Å². The fraction of sp³-hybridized carbons (Fsp3) is 0.320. The second-order valence-corrected chi connectivity index (χ2v) is 8.08. The molecule has 1 aliphatic rings. The summed E-state index contributed by atoms with van der Waals surface area (Å²) < 4.78 is 5.93. The van der Waals surface area contributed by atoms with E-state index in [4.69, 9.17) is 4.42 Å². The third-order valence-electron chi connectivity index (χ3n) is 5.99. The highest BCUT2D eigenvalue weighted by Crippen LogP contribution is 2.20. The van der Waals surface area contributed by atoms with Gasteiger partial charge in [0.25, 0.3) is 0 Å². The highest BCUT2D eigenvalue weighted by Gasteiger charge is 2.19. The third-order valence-corrected chi connectivity index (χ3v) is 5.99. The maximum atomic E-state index is 5.93. The number of aromatic nitrogens is 1. The minimum Gasteiger partial charge on any atom is -0.439 e. The Morgan fingerprint density at radius 3 is 2.59 bits per heavy atom. The lowest BCUT2D eigenvalue weighted by Gasteiger charge is -2.34. The Morgan fingerprint density at radius 2 is 1.69 bits per heavy atom. The van der Waals surface area contributed by atoms with Gasteiger partial charge in [-0.2, -0.15) is 0 Å². The Bertz CT molecular complexity index is 1120. The summed E-state index contributed by atoms with van der Waals surface area (Å²) in [4.78, 5) is 9.70. The van der Waals surface area contributed by atoms with Crippen LogP contribution in [-0.2, 0) is 13.0 Å². The summed E-state index contributed by atoms with van der Waals surface area (Å²) >= 11 is 0. The predicted molar refractivity (Wildman–Crippen MR) is 118 cm³/mol. The van der Waals surface area contributed by atoms with Crippen molar-refractivity contribution in [3.05, 3.63) is 77.7 Å². The molecule has 0 spiro atoms. The Balaban J connectivity index is 1.16. The third kappa shape index (κ3) is 4.04. The quantitative estimate of drug-likeness (QED) is 0.501. The molecule has 0 unspecified atom stereocenters. The van der Waals surface area contributed by atoms with Crippen LogP contribution in [0.25, 0.3) is 21.9 Å². The average molecular weight is 386 g/mol. The molecule has 1 aromatic heterocycles. The molecule has 0 amide bonds. The first-order chi connectivity index (χ1) is 14.2. The summed E-state index contributed by atoms with van der Waals surface area (Å²) in [5.74, 6) is 0.829. The zero-order valence-electron chi connectivity index (χ0n) is 17.0. The molecule has 148 valence electrons. The van der Waals surface area contributed by atoms with Crippen LogP contribution in [0, 0.1) is 6.92 Å². The average Bonchev–Trinajstić information content (AvgIpc) is 3.14. The van der Waals surface area contributed by atoms with Crippen molar-refractivity contribution in [3.8, 4) is 0 Å². The highest BCUT2D eigenvalue weighted by molar-refractivity contribution is 5.85. The topological polar surface area (TPSA) is 32.5 Å². The van der Waals surface area contributed by atoms with Gasteiger partial charge in [0.05, 0.1) is 6.54 Å². The molecule has 3 aromatic carbocycles. The molecule has 29 heavy (non-hydrogen) atoms. The number of nitrogens with zero attached hydrogens (tertiary/aromatic N) is 3. The van der Waals surface area contributed by atoms with Crippen LogP contribution in [0.4, 0.5) is 0 Å². The summed E-state index contributed by atoms with van der Waals surface area (Å²) in [6.45, 7) is 8.33. The number of fused-ring (bicyclic) bond motifs is 2. The van der Waals surface area contributed by atoms with Gasteiger partial charge in [-0.25, -0.2) is 4.98 Å². The van der Waals surface area contributed by atoms with Crippen LogP contribution in [0.15, 0.2) is 65.1 Å². The number of hydrogen-bond acceptors (Lipinski definition) is 4. The SMILES string of the molecule is Cc1ccc2oc(CN3CCN(CCc4cccc5ccccc45)CC3)nc2c1. The zero-order valence-corrected chi connectivity index (χ0v) is 17.0. The Hall–Kier alpha value is -2.69. The summed E-state index contributed by atoms with van der Waals surface area (Å²) in [7, 11) is 0. The normalized spacial score (nSPS) is 16.0. The lowest BCUT2D eigenvalue weighted by molar-refractivity contribution is 0.121. The van der Waals surface area contributed by atoms with Crippen LogP contribution < -0.4 is 0 Å². The number of benzene rings is 3. The van der Waals surface area contributed by atoms with E-state index in [0.29, 0.717) is 0 Å². The maximum absolute atomic E-state index is 5.93. The minimum atomic E-state index is 0.797. The van der Waals surface area contributed by atoms with Gasteiger partial charge in [0.1, 0.15) is 5.52 Å². The first-order valence-corrected chi connectivity index (χ1v) is 10.5. The summed E-state index contributed by atoms with van der Waals surface area (Å²) in [5, 5.41) is 2.73. The fourth-order valence-corrected chi connectivity index (χ4v) is 4.30. The molecule has 0 aliphatic carbocycles. The molecule has 0 radical (unpaired) electrons. The second-order valence-electron chi connectivity index (χ2n) is 8.08. The second kappa shape index (κ2) is 7.97. The Morgan fingerprint density at radius 1 is 0.897 bits per heavy atom. The molecule has 5 rings (SSSR count). The molecule has 0 atom stereocenters. The minimum absolute atomic E-state index is 0.797. The van der Waals surface area contributed by atoms with E-state index in [2.05, 4.69) is 76.3 Å². The number of aryl methyl sites for hydroxylation is 1. The molecule has 1 saturated heterocycles. The van der Waals surface area contributed by atoms with E-state index < -0.39 is 0 Å². The molecular formula is C25H27N3O. The van der Waals surface area contributed by atoms with E-state index in [1.165, 1.54) is 21.9 Å². The summed E-state index contributed by atoms with van der Waals surface area (Å²) in [6.07, 6.45) is 1.10. The van der Waals surface area contributed by atoms with E-state index >= 15 is 0 Å². The van der Waals surface area contributed by atoms with Gasteiger partial charge in [-0.15, -0.1) is 0 Å². The lowest BCUT2D eigenvalue weighted by Crippen LogP contribution is -2.46. The van der Waals surface area contributed by atoms with Gasteiger partial charge in [0.2, 0.25) is 5.89 Å². The van der Waals surface area contributed by atoms with E-state index in [-0.39, 0.29) is 0 Å². The van der Waals surface area contributed by atoms with E-state index in [1.54, 1.807) is 0 Å². The van der Waals surface area contributed by atoms with Crippen molar-refractivity contribution < 1.29 is 4.42 Å². The van der Waals surface area contributed by atoms with Gasteiger partial charge < -0.3 is 9.32 Å². The Kier molecular flexibility index (Phi) is 5.04. The lowest BCUT2D eigenvalue weighted by atomic mass is 10.0. The van der Waals surface area contributed by atoms with Crippen molar-refractivity contribution in [2.24, 2.45) is 0 Å². The molecule has 2 heterocycles. The molecule has 4 aromatic rings. The zero-order chi connectivity index (χ0) is 19.6. The van der Waals surface area contributed by atoms with Crippen LogP contribution in [-0.4, -0.2) is 47.5 Å². The predicted octanol–water partition coefficient (Wildman–Crippen LogP) is 4.65. The molecule has 0 bridgehead atoms. The van der Waals surface area contributed by atoms with Crippen LogP contribution in [0.1, 0.15) is 17.0 Å².